The van der Waals surface area contributed by atoms with Crippen molar-refractivity contribution >= 4 is 33.1 Å². The lowest BCUT2D eigenvalue weighted by Gasteiger charge is -2.60. The number of nitrogens with two attached hydrogens (primary N) is 1. The van der Waals surface area contributed by atoms with Crippen LogP contribution in [0.1, 0.15) is 12.8 Å². The van der Waals surface area contributed by atoms with Gasteiger partial charge in [-0.3, -0.25) is 0 Å². The van der Waals surface area contributed by atoms with Crippen molar-refractivity contribution in [3.05, 3.63) is 17.5 Å². The van der Waals surface area contributed by atoms with Crippen molar-refractivity contribution in [2.45, 2.75) is 18.9 Å². The Morgan fingerprint density at radius 2 is 2.12 bits per heavy atom. The molecule has 136 valence electrons. The number of hydrogen-bond donors (Lipinski definition) is 1. The zero-order valence-electron chi connectivity index (χ0n) is 13.9. The minimum absolute atomic E-state index is 0.0228. The van der Waals surface area contributed by atoms with E-state index in [2.05, 4.69) is 15.0 Å². The molecule has 1 spiro atoms. The van der Waals surface area contributed by atoms with Crippen molar-refractivity contribution in [2.24, 2.45) is 10.6 Å². The molecule has 0 radical (unpaired) electrons. The quantitative estimate of drug-likeness (QED) is 0.819. The maximum atomic E-state index is 11.4. The third-order valence-corrected chi connectivity index (χ3v) is 6.73. The van der Waals surface area contributed by atoms with Crippen LogP contribution in [0.2, 0.25) is 5.15 Å². The van der Waals surface area contributed by atoms with E-state index < -0.39 is 10.2 Å². The highest BCUT2D eigenvalue weighted by molar-refractivity contribution is 7.86. The Kier molecular flexibility index (Phi) is 3.66. The lowest BCUT2D eigenvalue weighted by atomic mass is 9.60. The van der Waals surface area contributed by atoms with Gasteiger partial charge in [-0.05, 0) is 12.8 Å². The molecule has 9 nitrogen and oxygen atoms in total. The van der Waals surface area contributed by atoms with Crippen molar-refractivity contribution in [1.29, 1.82) is 0 Å². The Balaban J connectivity index is 1.50. The predicted octanol–water partition coefficient (Wildman–Crippen LogP) is 0.495. The van der Waals surface area contributed by atoms with E-state index >= 15 is 0 Å². The Hall–Kier alpha value is -1.62. The summed E-state index contributed by atoms with van der Waals surface area (Å²) in [6.07, 6.45) is 3.09. The number of rotatable bonds is 4. The van der Waals surface area contributed by atoms with Crippen molar-refractivity contribution in [3.63, 3.8) is 0 Å². The van der Waals surface area contributed by atoms with Crippen LogP contribution in [0.3, 0.4) is 0 Å². The molecule has 2 aliphatic rings. The molecule has 1 saturated carbocycles. The molecule has 3 heterocycles. The lowest BCUT2D eigenvalue weighted by molar-refractivity contribution is 0.0207. The van der Waals surface area contributed by atoms with E-state index in [4.69, 9.17) is 21.5 Å². The third-order valence-electron chi connectivity index (χ3n) is 5.29. The van der Waals surface area contributed by atoms with Gasteiger partial charge in [0, 0.05) is 37.7 Å². The van der Waals surface area contributed by atoms with Crippen LogP contribution >= 0.6 is 11.6 Å². The molecule has 2 N–H and O–H groups in total. The highest BCUT2D eigenvalue weighted by Gasteiger charge is 2.55. The number of aromatic nitrogens is 3. The highest BCUT2D eigenvalue weighted by Crippen LogP contribution is 2.51. The zero-order chi connectivity index (χ0) is 18.0. The van der Waals surface area contributed by atoms with Gasteiger partial charge in [-0.25, -0.2) is 14.6 Å². The summed E-state index contributed by atoms with van der Waals surface area (Å²) in [7, 11) is -0.537. The average Bonchev–Trinajstić information content (AvgIpc) is 2.80. The summed E-state index contributed by atoms with van der Waals surface area (Å²) < 4.78 is 31.0. The lowest BCUT2D eigenvalue weighted by Crippen LogP contribution is -2.67. The van der Waals surface area contributed by atoms with Crippen LogP contribution in [0.15, 0.2) is 12.4 Å². The van der Waals surface area contributed by atoms with Crippen LogP contribution in [-0.4, -0.2) is 60.6 Å². The SMILES string of the molecule is COc1cc2c(N3CC4(CC(N(C)S(N)(=O)=O)C4)C3)ncnn2c1Cl. The molecular formula is C14H19ClN6O3S. The predicted molar refractivity (Wildman–Crippen MR) is 93.1 cm³/mol. The van der Waals surface area contributed by atoms with Crippen LogP contribution < -0.4 is 14.8 Å². The molecule has 1 aliphatic carbocycles. The Bertz CT molecular complexity index is 931. The van der Waals surface area contributed by atoms with Crippen molar-refractivity contribution < 1.29 is 13.2 Å². The monoisotopic (exact) mass is 386 g/mol. The van der Waals surface area contributed by atoms with E-state index in [1.807, 2.05) is 6.07 Å². The topological polar surface area (TPSA) is 106 Å². The molecule has 0 bridgehead atoms. The Morgan fingerprint density at radius 3 is 2.72 bits per heavy atom. The number of nitrogens with zero attached hydrogens (tertiary/aromatic N) is 5. The van der Waals surface area contributed by atoms with Crippen LogP contribution in [0.25, 0.3) is 5.52 Å². The molecule has 25 heavy (non-hydrogen) atoms. The summed E-state index contributed by atoms with van der Waals surface area (Å²) in [6, 6.07) is 1.80. The average molecular weight is 387 g/mol. The fraction of sp³-hybridized carbons (Fsp3) is 0.571. The van der Waals surface area contributed by atoms with Gasteiger partial charge in [0.05, 0.1) is 7.11 Å². The molecule has 0 amide bonds. The number of ether oxygens (including phenoxy) is 1. The fourth-order valence-electron chi connectivity index (χ4n) is 3.89. The Labute approximate surface area is 150 Å². The number of methoxy groups -OCH3 is 1. The maximum Gasteiger partial charge on any atom is 0.276 e. The first-order chi connectivity index (χ1) is 11.7. The first kappa shape index (κ1) is 16.8. The van der Waals surface area contributed by atoms with Crippen LogP contribution in [0.4, 0.5) is 5.82 Å². The van der Waals surface area contributed by atoms with E-state index in [0.29, 0.717) is 10.9 Å². The summed E-state index contributed by atoms with van der Waals surface area (Å²) >= 11 is 6.24. The summed E-state index contributed by atoms with van der Waals surface area (Å²) in [5.74, 6) is 1.35. The van der Waals surface area contributed by atoms with Gasteiger partial charge >= 0.3 is 0 Å². The number of halogens is 1. The standard InChI is InChI=1S/C14H19ClN6O3S/c1-19(25(16,22)23)9-4-14(5-9)6-20(7-14)13-10-3-11(24-2)12(15)21(10)18-8-17-13/h3,8-9H,4-7H2,1-2H3,(H2,16,22,23). The highest BCUT2D eigenvalue weighted by atomic mass is 35.5. The number of fused-ring (bicyclic) bond motifs is 1. The largest absolute Gasteiger partial charge is 0.493 e. The molecule has 0 atom stereocenters. The normalized spacial score (nSPS) is 20.1. The molecule has 2 fully saturated rings. The van der Waals surface area contributed by atoms with Gasteiger partial charge in [-0.1, -0.05) is 11.6 Å². The van der Waals surface area contributed by atoms with Crippen molar-refractivity contribution in [2.75, 3.05) is 32.1 Å². The minimum Gasteiger partial charge on any atom is -0.493 e. The maximum absolute atomic E-state index is 11.4. The Morgan fingerprint density at radius 1 is 1.44 bits per heavy atom. The second-order valence-electron chi connectivity index (χ2n) is 6.86. The summed E-state index contributed by atoms with van der Waals surface area (Å²) in [6.45, 7) is 1.64. The fourth-order valence-corrected chi connectivity index (χ4v) is 4.72. The van der Waals surface area contributed by atoms with E-state index in [-0.39, 0.29) is 11.5 Å². The molecule has 4 rings (SSSR count). The van der Waals surface area contributed by atoms with Crippen LogP contribution in [-0.2, 0) is 10.2 Å². The van der Waals surface area contributed by atoms with Gasteiger partial charge in [-0.2, -0.15) is 17.8 Å². The summed E-state index contributed by atoms with van der Waals surface area (Å²) in [5, 5.41) is 9.77. The molecule has 11 heteroatoms. The van der Waals surface area contributed by atoms with Crippen molar-refractivity contribution in [3.8, 4) is 5.75 Å². The molecule has 1 aliphatic heterocycles. The van der Waals surface area contributed by atoms with Crippen molar-refractivity contribution in [1.82, 2.24) is 18.9 Å². The first-order valence-electron chi connectivity index (χ1n) is 7.81. The van der Waals surface area contributed by atoms with Crippen LogP contribution in [0, 0.1) is 5.41 Å². The van der Waals surface area contributed by atoms with E-state index in [1.165, 1.54) is 17.7 Å². The second-order valence-corrected chi connectivity index (χ2v) is 8.83. The van der Waals surface area contributed by atoms with Gasteiger partial charge in [0.2, 0.25) is 0 Å². The minimum atomic E-state index is -3.63. The smallest absolute Gasteiger partial charge is 0.276 e. The van der Waals surface area contributed by atoms with Gasteiger partial charge in [0.15, 0.2) is 16.7 Å². The summed E-state index contributed by atoms with van der Waals surface area (Å²) in [5.41, 5.74) is 0.920. The second kappa shape index (κ2) is 5.44. The molecular weight excluding hydrogens is 368 g/mol. The van der Waals surface area contributed by atoms with Gasteiger partial charge in [0.25, 0.3) is 10.2 Å². The van der Waals surface area contributed by atoms with Gasteiger partial charge < -0.3 is 9.64 Å². The molecule has 0 aromatic carbocycles. The number of anilines is 1. The molecule has 2 aromatic rings. The number of hydrogen-bond acceptors (Lipinski definition) is 6. The van der Waals surface area contributed by atoms with E-state index in [1.54, 1.807) is 11.6 Å². The summed E-state index contributed by atoms with van der Waals surface area (Å²) in [4.78, 5) is 6.54. The zero-order valence-corrected chi connectivity index (χ0v) is 15.5. The molecule has 0 unspecified atom stereocenters. The van der Waals surface area contributed by atoms with Crippen LogP contribution in [0.5, 0.6) is 5.75 Å². The van der Waals surface area contributed by atoms with E-state index in [0.717, 1.165) is 37.3 Å². The third kappa shape index (κ3) is 2.55. The molecule has 2 aromatic heterocycles. The van der Waals surface area contributed by atoms with Gasteiger partial charge in [-0.15, -0.1) is 0 Å². The van der Waals surface area contributed by atoms with Gasteiger partial charge in [0.1, 0.15) is 11.8 Å². The first-order valence-corrected chi connectivity index (χ1v) is 9.69. The molecule has 1 saturated heterocycles. The van der Waals surface area contributed by atoms with E-state index in [9.17, 15) is 8.42 Å².